The van der Waals surface area contributed by atoms with Gasteiger partial charge in [0.05, 0.1) is 29.1 Å². The molecule has 0 spiro atoms. The minimum Gasteiger partial charge on any atom is -0.463 e. The highest BCUT2D eigenvalue weighted by Crippen LogP contribution is 2.27. The van der Waals surface area contributed by atoms with Crippen molar-refractivity contribution in [1.82, 2.24) is 10.2 Å². The number of para-hydroxylation sites is 1. The van der Waals surface area contributed by atoms with Gasteiger partial charge in [-0.25, -0.2) is 4.79 Å². The van der Waals surface area contributed by atoms with Crippen molar-refractivity contribution in [1.29, 1.82) is 0 Å². The lowest BCUT2D eigenvalue weighted by atomic mass is 10.0. The molecule has 154 valence electrons. The monoisotopic (exact) mass is 399 g/mol. The molecule has 0 fully saturated rings. The average molecular weight is 399 g/mol. The maximum absolute atomic E-state index is 12.7. The molecule has 0 saturated carbocycles. The van der Waals surface area contributed by atoms with Crippen LogP contribution in [-0.2, 0) is 16.1 Å². The molecule has 2 aromatic rings. The number of nitrogens with one attached hydrogen (secondary N) is 1. The number of carbonyl (C=O) groups is 2. The number of amides is 2. The summed E-state index contributed by atoms with van der Waals surface area (Å²) in [5, 5.41) is 14.2. The topological polar surface area (TPSA) is 102 Å². The number of ether oxygens (including phenoxy) is 1. The predicted octanol–water partition coefficient (Wildman–Crippen LogP) is 3.82. The molecule has 1 N–H and O–H groups in total. The number of hydrogen-bond acceptors (Lipinski definition) is 5. The SMILES string of the molecule is CC(C)OC(=O)CC(NC(=O)N(C)Cc1ccccc1)c1ccccc1[N+](=O)[O-]. The Kier molecular flexibility index (Phi) is 7.70. The van der Waals surface area contributed by atoms with Gasteiger partial charge in [-0.2, -0.15) is 0 Å². The summed E-state index contributed by atoms with van der Waals surface area (Å²) in [6.07, 6.45) is -0.543. The summed E-state index contributed by atoms with van der Waals surface area (Å²) < 4.78 is 5.17. The maximum atomic E-state index is 12.7. The van der Waals surface area contributed by atoms with Gasteiger partial charge in [-0.05, 0) is 19.4 Å². The number of carbonyl (C=O) groups excluding carboxylic acids is 2. The van der Waals surface area contributed by atoms with E-state index in [1.54, 1.807) is 27.0 Å². The van der Waals surface area contributed by atoms with Crippen LogP contribution in [0.3, 0.4) is 0 Å². The van der Waals surface area contributed by atoms with E-state index in [2.05, 4.69) is 5.32 Å². The van der Waals surface area contributed by atoms with Crippen molar-refractivity contribution >= 4 is 17.7 Å². The summed E-state index contributed by atoms with van der Waals surface area (Å²) in [6.45, 7) is 3.78. The molecule has 2 rings (SSSR count). The van der Waals surface area contributed by atoms with E-state index in [0.29, 0.717) is 6.54 Å². The van der Waals surface area contributed by atoms with Crippen molar-refractivity contribution < 1.29 is 19.2 Å². The summed E-state index contributed by atoms with van der Waals surface area (Å²) in [4.78, 5) is 37.2. The molecule has 0 aliphatic carbocycles. The van der Waals surface area contributed by atoms with Crippen LogP contribution in [0.15, 0.2) is 54.6 Å². The Hall–Kier alpha value is -3.42. The number of esters is 1. The zero-order chi connectivity index (χ0) is 21.4. The molecule has 0 saturated heterocycles. The quantitative estimate of drug-likeness (QED) is 0.413. The standard InChI is InChI=1S/C21H25N3O5/c1-15(2)29-20(25)13-18(17-11-7-8-12-19(17)24(27)28)22-21(26)23(3)14-16-9-5-4-6-10-16/h4-12,15,18H,13-14H2,1-3H3,(H,22,26). The third kappa shape index (κ3) is 6.60. The fourth-order valence-corrected chi connectivity index (χ4v) is 2.85. The Morgan fingerprint density at radius 1 is 1.10 bits per heavy atom. The second-order valence-corrected chi connectivity index (χ2v) is 6.90. The van der Waals surface area contributed by atoms with E-state index < -0.39 is 23.0 Å². The lowest BCUT2D eigenvalue weighted by molar-refractivity contribution is -0.385. The van der Waals surface area contributed by atoms with Gasteiger partial charge in [-0.1, -0.05) is 48.5 Å². The van der Waals surface area contributed by atoms with Gasteiger partial charge in [-0.3, -0.25) is 14.9 Å². The molecule has 2 amide bonds. The summed E-state index contributed by atoms with van der Waals surface area (Å²) in [5.74, 6) is -0.547. The normalized spacial score (nSPS) is 11.6. The summed E-state index contributed by atoms with van der Waals surface area (Å²) in [6, 6.07) is 14.1. The van der Waals surface area contributed by atoms with Crippen molar-refractivity contribution in [3.8, 4) is 0 Å². The van der Waals surface area contributed by atoms with E-state index in [9.17, 15) is 19.7 Å². The van der Waals surface area contributed by atoms with Crippen LogP contribution < -0.4 is 5.32 Å². The number of urea groups is 1. The fraction of sp³-hybridized carbons (Fsp3) is 0.333. The number of nitrogens with zero attached hydrogens (tertiary/aromatic N) is 2. The lowest BCUT2D eigenvalue weighted by Gasteiger charge is -2.24. The first-order valence-corrected chi connectivity index (χ1v) is 9.26. The number of benzene rings is 2. The average Bonchev–Trinajstić information content (AvgIpc) is 2.67. The van der Waals surface area contributed by atoms with Crippen LogP contribution in [0.25, 0.3) is 0 Å². The van der Waals surface area contributed by atoms with Gasteiger partial charge in [0.1, 0.15) is 0 Å². The molecule has 1 atom stereocenters. The van der Waals surface area contributed by atoms with Gasteiger partial charge in [0.25, 0.3) is 5.69 Å². The van der Waals surface area contributed by atoms with E-state index in [1.807, 2.05) is 30.3 Å². The van der Waals surface area contributed by atoms with Gasteiger partial charge in [0.2, 0.25) is 0 Å². The van der Waals surface area contributed by atoms with E-state index in [-0.39, 0.29) is 23.8 Å². The van der Waals surface area contributed by atoms with Crippen LogP contribution in [0, 0.1) is 10.1 Å². The fourth-order valence-electron chi connectivity index (χ4n) is 2.85. The molecule has 8 nitrogen and oxygen atoms in total. The Bertz CT molecular complexity index is 854. The number of nitro benzene ring substituents is 1. The maximum Gasteiger partial charge on any atom is 0.317 e. The number of rotatable bonds is 8. The molecule has 0 radical (unpaired) electrons. The van der Waals surface area contributed by atoms with Crippen molar-refractivity contribution in [3.05, 3.63) is 75.8 Å². The summed E-state index contributed by atoms with van der Waals surface area (Å²) >= 11 is 0. The molecule has 29 heavy (non-hydrogen) atoms. The van der Waals surface area contributed by atoms with E-state index in [0.717, 1.165) is 5.56 Å². The van der Waals surface area contributed by atoms with Crippen LogP contribution in [0.4, 0.5) is 10.5 Å². The van der Waals surface area contributed by atoms with Crippen LogP contribution in [0.2, 0.25) is 0 Å². The molecule has 1 unspecified atom stereocenters. The third-order valence-corrected chi connectivity index (χ3v) is 4.15. The van der Waals surface area contributed by atoms with Crippen molar-refractivity contribution in [2.24, 2.45) is 0 Å². The minimum absolute atomic E-state index is 0.166. The first kappa shape index (κ1) is 21.9. The molecular formula is C21H25N3O5. The molecular weight excluding hydrogens is 374 g/mol. The number of hydrogen-bond donors (Lipinski definition) is 1. The van der Waals surface area contributed by atoms with Crippen molar-refractivity contribution in [2.45, 2.75) is 39.0 Å². The van der Waals surface area contributed by atoms with Crippen LogP contribution in [0.5, 0.6) is 0 Å². The van der Waals surface area contributed by atoms with Gasteiger partial charge >= 0.3 is 12.0 Å². The first-order valence-electron chi connectivity index (χ1n) is 9.26. The van der Waals surface area contributed by atoms with Gasteiger partial charge < -0.3 is 15.0 Å². The van der Waals surface area contributed by atoms with Crippen molar-refractivity contribution in [2.75, 3.05) is 7.05 Å². The highest BCUT2D eigenvalue weighted by molar-refractivity contribution is 5.77. The smallest absolute Gasteiger partial charge is 0.317 e. The van der Waals surface area contributed by atoms with E-state index in [1.165, 1.54) is 23.1 Å². The Balaban J connectivity index is 2.22. The molecule has 0 aliphatic heterocycles. The molecule has 2 aromatic carbocycles. The second-order valence-electron chi connectivity index (χ2n) is 6.90. The molecule has 0 aliphatic rings. The Labute approximate surface area is 169 Å². The Morgan fingerprint density at radius 3 is 2.34 bits per heavy atom. The lowest BCUT2D eigenvalue weighted by Crippen LogP contribution is -2.40. The van der Waals surface area contributed by atoms with Gasteiger partial charge in [0.15, 0.2) is 0 Å². The molecule has 0 heterocycles. The summed E-state index contributed by atoms with van der Waals surface area (Å²) in [7, 11) is 1.62. The third-order valence-electron chi connectivity index (χ3n) is 4.15. The van der Waals surface area contributed by atoms with Crippen molar-refractivity contribution in [3.63, 3.8) is 0 Å². The first-order chi connectivity index (χ1) is 13.8. The zero-order valence-electron chi connectivity index (χ0n) is 16.7. The highest BCUT2D eigenvalue weighted by atomic mass is 16.6. The zero-order valence-corrected chi connectivity index (χ0v) is 16.7. The van der Waals surface area contributed by atoms with E-state index >= 15 is 0 Å². The molecule has 8 heteroatoms. The predicted molar refractivity (Wildman–Crippen MR) is 108 cm³/mol. The summed E-state index contributed by atoms with van der Waals surface area (Å²) in [5.41, 5.74) is 1.02. The van der Waals surface area contributed by atoms with Gasteiger partial charge in [0, 0.05) is 19.7 Å². The highest BCUT2D eigenvalue weighted by Gasteiger charge is 2.27. The van der Waals surface area contributed by atoms with Crippen LogP contribution >= 0.6 is 0 Å². The Morgan fingerprint density at radius 2 is 1.72 bits per heavy atom. The largest absolute Gasteiger partial charge is 0.463 e. The van der Waals surface area contributed by atoms with Gasteiger partial charge in [-0.15, -0.1) is 0 Å². The second kappa shape index (κ2) is 10.2. The van der Waals surface area contributed by atoms with E-state index in [4.69, 9.17) is 4.74 Å². The van der Waals surface area contributed by atoms with Crippen LogP contribution in [0.1, 0.15) is 37.4 Å². The number of nitro groups is 1. The minimum atomic E-state index is -0.895. The van der Waals surface area contributed by atoms with Crippen LogP contribution in [-0.4, -0.2) is 35.0 Å². The molecule has 0 bridgehead atoms. The molecule has 0 aromatic heterocycles.